The summed E-state index contributed by atoms with van der Waals surface area (Å²) in [7, 11) is 0. The predicted molar refractivity (Wildman–Crippen MR) is 63.6 cm³/mol. The molecule has 1 aliphatic rings. The van der Waals surface area contributed by atoms with Gasteiger partial charge in [0.25, 0.3) is 0 Å². The molecule has 2 N–H and O–H groups in total. The van der Waals surface area contributed by atoms with Crippen LogP contribution in [0.3, 0.4) is 0 Å². The molecule has 1 aliphatic heterocycles. The molecule has 3 rings (SSSR count). The van der Waals surface area contributed by atoms with Gasteiger partial charge >= 0.3 is 5.69 Å². The van der Waals surface area contributed by atoms with E-state index >= 15 is 0 Å². The zero-order valence-corrected chi connectivity index (χ0v) is 9.67. The Labute approximate surface area is 102 Å². The second-order valence-corrected chi connectivity index (χ2v) is 4.54. The van der Waals surface area contributed by atoms with E-state index in [9.17, 15) is 13.6 Å². The van der Waals surface area contributed by atoms with E-state index < -0.39 is 11.6 Å². The van der Waals surface area contributed by atoms with Crippen molar-refractivity contribution in [3.8, 4) is 0 Å². The Morgan fingerprint density at radius 1 is 1.22 bits per heavy atom. The number of nitrogens with one attached hydrogen (secondary N) is 2. The van der Waals surface area contributed by atoms with Crippen molar-refractivity contribution in [1.29, 1.82) is 0 Å². The highest BCUT2D eigenvalue weighted by atomic mass is 19.2. The lowest BCUT2D eigenvalue weighted by molar-refractivity contribution is 0.365. The van der Waals surface area contributed by atoms with Crippen molar-refractivity contribution < 1.29 is 8.78 Å². The maximum Gasteiger partial charge on any atom is 0.326 e. The monoisotopic (exact) mass is 253 g/mol. The zero-order valence-electron chi connectivity index (χ0n) is 9.67. The lowest BCUT2D eigenvalue weighted by Crippen LogP contribution is -2.33. The molecule has 6 heteroatoms. The van der Waals surface area contributed by atoms with Gasteiger partial charge in [0.1, 0.15) is 5.52 Å². The lowest BCUT2D eigenvalue weighted by Gasteiger charge is -2.23. The van der Waals surface area contributed by atoms with E-state index in [2.05, 4.69) is 10.3 Å². The summed E-state index contributed by atoms with van der Waals surface area (Å²) in [6, 6.07) is 2.34. The molecule has 18 heavy (non-hydrogen) atoms. The van der Waals surface area contributed by atoms with Crippen molar-refractivity contribution in [2.24, 2.45) is 0 Å². The largest absolute Gasteiger partial charge is 0.326 e. The Balaban J connectivity index is 2.23. The number of nitrogens with zero attached hydrogens (tertiary/aromatic N) is 1. The van der Waals surface area contributed by atoms with Crippen LogP contribution in [-0.2, 0) is 0 Å². The number of benzene rings is 1. The van der Waals surface area contributed by atoms with Crippen LogP contribution >= 0.6 is 0 Å². The van der Waals surface area contributed by atoms with Gasteiger partial charge in [-0.3, -0.25) is 4.57 Å². The van der Waals surface area contributed by atoms with Gasteiger partial charge in [-0.05, 0) is 38.1 Å². The molecule has 0 spiro atoms. The minimum Gasteiger partial charge on any atom is -0.317 e. The van der Waals surface area contributed by atoms with Gasteiger partial charge in [0.15, 0.2) is 11.6 Å². The number of fused-ring (bicyclic) bond motifs is 1. The Hall–Kier alpha value is -1.69. The van der Waals surface area contributed by atoms with Gasteiger partial charge in [-0.15, -0.1) is 0 Å². The summed E-state index contributed by atoms with van der Waals surface area (Å²) in [5, 5.41) is 3.18. The number of aromatic amines is 1. The predicted octanol–water partition coefficient (Wildman–Crippen LogP) is 1.53. The standard InChI is InChI=1S/C12H13F2N3O/c13-8-1-2-9-11(10(8)14)17(12(18)16-9)7-3-5-15-6-4-7/h1-2,7,15H,3-6H2,(H,16,18). The molecule has 4 nitrogen and oxygen atoms in total. The summed E-state index contributed by atoms with van der Waals surface area (Å²) >= 11 is 0. The number of H-pyrrole nitrogens is 1. The van der Waals surface area contributed by atoms with Crippen LogP contribution in [0.5, 0.6) is 0 Å². The first-order valence-corrected chi connectivity index (χ1v) is 5.97. The van der Waals surface area contributed by atoms with Gasteiger partial charge in [0, 0.05) is 6.04 Å². The van der Waals surface area contributed by atoms with E-state index in [0.717, 1.165) is 32.0 Å². The number of hydrogen-bond donors (Lipinski definition) is 2. The van der Waals surface area contributed by atoms with E-state index in [1.165, 1.54) is 10.6 Å². The van der Waals surface area contributed by atoms with Crippen molar-refractivity contribution in [2.45, 2.75) is 18.9 Å². The molecule has 1 saturated heterocycles. The summed E-state index contributed by atoms with van der Waals surface area (Å²) < 4.78 is 28.5. The molecule has 96 valence electrons. The summed E-state index contributed by atoms with van der Waals surface area (Å²) in [5.41, 5.74) is 0.0192. The Bertz CT molecular complexity index is 641. The maximum absolute atomic E-state index is 13.9. The third-order valence-corrected chi connectivity index (χ3v) is 3.44. The second-order valence-electron chi connectivity index (χ2n) is 4.54. The van der Waals surface area contributed by atoms with E-state index in [0.29, 0.717) is 5.52 Å². The number of hydrogen-bond acceptors (Lipinski definition) is 2. The number of rotatable bonds is 1. The SMILES string of the molecule is O=c1[nH]c2ccc(F)c(F)c2n1C1CCNCC1. The highest BCUT2D eigenvalue weighted by Gasteiger charge is 2.22. The average Bonchev–Trinajstić information content (AvgIpc) is 2.72. The first kappa shape index (κ1) is 11.4. The minimum atomic E-state index is -0.954. The van der Waals surface area contributed by atoms with Crippen LogP contribution in [0, 0.1) is 11.6 Å². The van der Waals surface area contributed by atoms with Gasteiger partial charge in [0.2, 0.25) is 0 Å². The topological polar surface area (TPSA) is 49.8 Å². The number of imidazole rings is 1. The van der Waals surface area contributed by atoms with Gasteiger partial charge in [-0.25, -0.2) is 13.6 Å². The van der Waals surface area contributed by atoms with E-state index in [-0.39, 0.29) is 17.2 Å². The molecular formula is C12H13F2N3O. The normalized spacial score (nSPS) is 17.4. The highest BCUT2D eigenvalue weighted by molar-refractivity contribution is 5.76. The van der Waals surface area contributed by atoms with Crippen LogP contribution in [-0.4, -0.2) is 22.6 Å². The van der Waals surface area contributed by atoms with Crippen molar-refractivity contribution in [3.05, 3.63) is 34.3 Å². The van der Waals surface area contributed by atoms with Crippen LogP contribution in [0.2, 0.25) is 0 Å². The van der Waals surface area contributed by atoms with Crippen LogP contribution in [0.4, 0.5) is 8.78 Å². The van der Waals surface area contributed by atoms with Crippen molar-refractivity contribution in [3.63, 3.8) is 0 Å². The Morgan fingerprint density at radius 3 is 2.67 bits per heavy atom. The fourth-order valence-corrected chi connectivity index (χ4v) is 2.57. The Kier molecular flexibility index (Phi) is 2.66. The maximum atomic E-state index is 13.9. The minimum absolute atomic E-state index is 0.0481. The quantitative estimate of drug-likeness (QED) is 0.809. The van der Waals surface area contributed by atoms with Gasteiger partial charge in [-0.2, -0.15) is 0 Å². The van der Waals surface area contributed by atoms with Gasteiger partial charge in [0.05, 0.1) is 5.52 Å². The zero-order chi connectivity index (χ0) is 12.7. The number of piperidine rings is 1. The van der Waals surface area contributed by atoms with Crippen molar-refractivity contribution in [2.75, 3.05) is 13.1 Å². The van der Waals surface area contributed by atoms with Crippen LogP contribution in [0.15, 0.2) is 16.9 Å². The second kappa shape index (κ2) is 4.20. The van der Waals surface area contributed by atoms with Crippen LogP contribution < -0.4 is 11.0 Å². The first-order valence-electron chi connectivity index (χ1n) is 5.97. The summed E-state index contributed by atoms with van der Waals surface area (Å²) in [6.07, 6.45) is 1.48. The summed E-state index contributed by atoms with van der Waals surface area (Å²) in [4.78, 5) is 14.5. The molecule has 1 aromatic heterocycles. The fraction of sp³-hybridized carbons (Fsp3) is 0.417. The molecule has 0 aliphatic carbocycles. The first-order chi connectivity index (χ1) is 8.68. The smallest absolute Gasteiger partial charge is 0.317 e. The van der Waals surface area contributed by atoms with Gasteiger partial charge in [-0.1, -0.05) is 0 Å². The number of halogens is 2. The summed E-state index contributed by atoms with van der Waals surface area (Å²) in [5.74, 6) is -1.88. The molecule has 1 fully saturated rings. The average molecular weight is 253 g/mol. The molecule has 0 unspecified atom stereocenters. The van der Waals surface area contributed by atoms with E-state index in [1.807, 2.05) is 0 Å². The third-order valence-electron chi connectivity index (χ3n) is 3.44. The van der Waals surface area contributed by atoms with Crippen molar-refractivity contribution in [1.82, 2.24) is 14.9 Å². The molecular weight excluding hydrogens is 240 g/mol. The summed E-state index contributed by atoms with van der Waals surface area (Å²) in [6.45, 7) is 1.56. The highest BCUT2D eigenvalue weighted by Crippen LogP contribution is 2.24. The third kappa shape index (κ3) is 1.64. The molecule has 0 radical (unpaired) electrons. The van der Waals surface area contributed by atoms with Crippen LogP contribution in [0.1, 0.15) is 18.9 Å². The molecule has 0 bridgehead atoms. The van der Waals surface area contributed by atoms with Gasteiger partial charge < -0.3 is 10.3 Å². The molecule has 0 amide bonds. The van der Waals surface area contributed by atoms with E-state index in [4.69, 9.17) is 0 Å². The van der Waals surface area contributed by atoms with E-state index in [1.54, 1.807) is 0 Å². The molecule has 1 aromatic carbocycles. The molecule has 0 atom stereocenters. The van der Waals surface area contributed by atoms with Crippen LogP contribution in [0.25, 0.3) is 11.0 Å². The fourth-order valence-electron chi connectivity index (χ4n) is 2.57. The molecule has 2 aromatic rings. The number of aromatic nitrogens is 2. The lowest BCUT2D eigenvalue weighted by atomic mass is 10.1. The Morgan fingerprint density at radius 2 is 1.94 bits per heavy atom. The molecule has 0 saturated carbocycles. The van der Waals surface area contributed by atoms with Crippen molar-refractivity contribution >= 4 is 11.0 Å². The molecule has 2 heterocycles.